The van der Waals surface area contributed by atoms with Crippen LogP contribution in [0.3, 0.4) is 0 Å². The number of hydrogen-bond donors (Lipinski definition) is 2. The second-order valence-electron chi connectivity index (χ2n) is 4.12. The van der Waals surface area contributed by atoms with Crippen LogP contribution in [0, 0.1) is 7.14 Å². The molecule has 20 heavy (non-hydrogen) atoms. The van der Waals surface area contributed by atoms with Gasteiger partial charge >= 0.3 is 5.97 Å². The van der Waals surface area contributed by atoms with E-state index in [2.05, 4.69) is 5.32 Å². The number of nitrogens with one attached hydrogen (secondary N) is 1. The number of benzene rings is 1. The zero-order valence-electron chi connectivity index (χ0n) is 11.1. The monoisotopic (exact) mass is 503 g/mol. The lowest BCUT2D eigenvalue weighted by Gasteiger charge is -2.17. The predicted octanol–water partition coefficient (Wildman–Crippen LogP) is 2.21. The first kappa shape index (κ1) is 17.5. The van der Waals surface area contributed by atoms with Crippen LogP contribution in [0.15, 0.2) is 12.1 Å². The van der Waals surface area contributed by atoms with E-state index in [1.54, 1.807) is 19.1 Å². The van der Waals surface area contributed by atoms with Gasteiger partial charge in [-0.3, -0.25) is 4.79 Å². The number of ether oxygens (including phenoxy) is 1. The van der Waals surface area contributed by atoms with Crippen molar-refractivity contribution in [2.75, 3.05) is 6.61 Å². The molecule has 0 spiro atoms. The van der Waals surface area contributed by atoms with Gasteiger partial charge in [0, 0.05) is 13.3 Å². The zero-order chi connectivity index (χ0) is 15.3. The number of carbonyl (C=O) groups excluding carboxylic acids is 2. The van der Waals surface area contributed by atoms with Gasteiger partial charge in [-0.15, -0.1) is 0 Å². The van der Waals surface area contributed by atoms with Gasteiger partial charge in [-0.05, 0) is 69.8 Å². The van der Waals surface area contributed by atoms with Crippen LogP contribution in [0.2, 0.25) is 0 Å². The molecular weight excluding hydrogens is 488 g/mol. The van der Waals surface area contributed by atoms with E-state index >= 15 is 0 Å². The van der Waals surface area contributed by atoms with E-state index < -0.39 is 12.0 Å². The highest BCUT2D eigenvalue weighted by Gasteiger charge is 2.22. The summed E-state index contributed by atoms with van der Waals surface area (Å²) in [6, 6.07) is 2.85. The minimum absolute atomic E-state index is 0.224. The summed E-state index contributed by atoms with van der Waals surface area (Å²) in [7, 11) is 0. The largest absolute Gasteiger partial charge is 0.506 e. The SMILES string of the molecule is CCOC(=O)C(Cc1cc(I)c(O)c(I)c1)NC(C)=O. The Kier molecular flexibility index (Phi) is 7.00. The van der Waals surface area contributed by atoms with Crippen molar-refractivity contribution in [3.8, 4) is 5.75 Å². The van der Waals surface area contributed by atoms with Crippen LogP contribution < -0.4 is 5.32 Å². The first-order chi connectivity index (χ1) is 9.35. The molecule has 2 N–H and O–H groups in total. The lowest BCUT2D eigenvalue weighted by molar-refractivity contribution is -0.147. The average molecular weight is 503 g/mol. The molecule has 0 aliphatic heterocycles. The summed E-state index contributed by atoms with van der Waals surface area (Å²) < 4.78 is 6.36. The quantitative estimate of drug-likeness (QED) is 0.478. The number of amides is 1. The van der Waals surface area contributed by atoms with Crippen LogP contribution in [-0.4, -0.2) is 29.6 Å². The highest BCUT2D eigenvalue weighted by molar-refractivity contribution is 14.1. The van der Waals surface area contributed by atoms with Gasteiger partial charge in [0.05, 0.1) is 13.7 Å². The summed E-state index contributed by atoms with van der Waals surface area (Å²) in [5.74, 6) is -0.519. The lowest BCUT2D eigenvalue weighted by atomic mass is 10.1. The van der Waals surface area contributed by atoms with Crippen molar-refractivity contribution in [3.05, 3.63) is 24.8 Å². The third kappa shape index (κ3) is 5.08. The second kappa shape index (κ2) is 8.01. The van der Waals surface area contributed by atoms with Gasteiger partial charge in [0.2, 0.25) is 5.91 Å². The van der Waals surface area contributed by atoms with E-state index in [1.165, 1.54) is 6.92 Å². The van der Waals surface area contributed by atoms with Gasteiger partial charge in [0.25, 0.3) is 0 Å². The van der Waals surface area contributed by atoms with E-state index in [0.717, 1.165) is 5.56 Å². The van der Waals surface area contributed by atoms with Crippen LogP contribution >= 0.6 is 45.2 Å². The third-order valence-electron chi connectivity index (χ3n) is 2.47. The molecule has 110 valence electrons. The summed E-state index contributed by atoms with van der Waals surface area (Å²) in [6.45, 7) is 3.34. The third-order valence-corrected chi connectivity index (χ3v) is 4.11. The fourth-order valence-electron chi connectivity index (χ4n) is 1.65. The Morgan fingerprint density at radius 2 is 1.90 bits per heavy atom. The number of esters is 1. The van der Waals surface area contributed by atoms with Gasteiger partial charge in [-0.25, -0.2) is 4.79 Å². The number of phenolic OH excluding ortho intramolecular Hbond substituents is 1. The van der Waals surface area contributed by atoms with Crippen molar-refractivity contribution in [1.82, 2.24) is 5.32 Å². The number of hydrogen-bond acceptors (Lipinski definition) is 4. The fourth-order valence-corrected chi connectivity index (χ4v) is 3.55. The standard InChI is InChI=1S/C13H15I2NO4/c1-3-20-13(19)11(16-7(2)17)6-8-4-9(14)12(18)10(15)5-8/h4-5,11,18H,3,6H2,1-2H3,(H,16,17). The summed E-state index contributed by atoms with van der Waals surface area (Å²) >= 11 is 4.05. The molecule has 0 radical (unpaired) electrons. The normalized spacial score (nSPS) is 11.8. The minimum atomic E-state index is -0.719. The maximum atomic E-state index is 11.8. The van der Waals surface area contributed by atoms with Gasteiger partial charge in [0.1, 0.15) is 11.8 Å². The van der Waals surface area contributed by atoms with Crippen molar-refractivity contribution < 1.29 is 19.4 Å². The fraction of sp³-hybridized carbons (Fsp3) is 0.385. The molecule has 1 aromatic carbocycles. The molecule has 0 bridgehead atoms. The van der Waals surface area contributed by atoms with Crippen LogP contribution in [0.4, 0.5) is 0 Å². The summed E-state index contributed by atoms with van der Waals surface area (Å²) in [4.78, 5) is 23.0. The molecule has 0 aliphatic carbocycles. The summed E-state index contributed by atoms with van der Waals surface area (Å²) in [6.07, 6.45) is 0.324. The Hall–Kier alpha value is -0.580. The maximum absolute atomic E-state index is 11.8. The summed E-state index contributed by atoms with van der Waals surface area (Å²) in [5, 5.41) is 12.3. The summed E-state index contributed by atoms with van der Waals surface area (Å²) in [5.41, 5.74) is 0.850. The Labute approximate surface area is 144 Å². The molecule has 1 amide bonds. The van der Waals surface area contributed by atoms with Gasteiger partial charge in [0.15, 0.2) is 0 Å². The van der Waals surface area contributed by atoms with Crippen LogP contribution in [-0.2, 0) is 20.7 Å². The van der Waals surface area contributed by atoms with Crippen LogP contribution in [0.1, 0.15) is 19.4 Å². The predicted molar refractivity (Wildman–Crippen MR) is 91.5 cm³/mol. The Bertz CT molecular complexity index is 496. The molecule has 0 saturated carbocycles. The number of carbonyl (C=O) groups is 2. The molecule has 0 saturated heterocycles. The highest BCUT2D eigenvalue weighted by atomic mass is 127. The van der Waals surface area contributed by atoms with Gasteiger partial charge < -0.3 is 15.2 Å². The molecule has 7 heteroatoms. The van der Waals surface area contributed by atoms with E-state index in [-0.39, 0.29) is 18.3 Å². The number of rotatable bonds is 5. The van der Waals surface area contributed by atoms with Crippen molar-refractivity contribution in [1.29, 1.82) is 0 Å². The van der Waals surface area contributed by atoms with Crippen molar-refractivity contribution in [2.24, 2.45) is 0 Å². The molecule has 0 fully saturated rings. The van der Waals surface area contributed by atoms with Crippen molar-refractivity contribution in [3.63, 3.8) is 0 Å². The first-order valence-corrected chi connectivity index (χ1v) is 8.11. The number of aromatic hydroxyl groups is 1. The second-order valence-corrected chi connectivity index (χ2v) is 6.44. The van der Waals surface area contributed by atoms with Gasteiger partial charge in [-0.2, -0.15) is 0 Å². The minimum Gasteiger partial charge on any atom is -0.506 e. The Balaban J connectivity index is 2.94. The van der Waals surface area contributed by atoms with E-state index in [1.807, 2.05) is 45.2 Å². The van der Waals surface area contributed by atoms with E-state index in [4.69, 9.17) is 4.74 Å². The van der Waals surface area contributed by atoms with Crippen molar-refractivity contribution >= 4 is 57.1 Å². The van der Waals surface area contributed by atoms with E-state index in [0.29, 0.717) is 13.6 Å². The van der Waals surface area contributed by atoms with Crippen molar-refractivity contribution in [2.45, 2.75) is 26.3 Å². The molecule has 5 nitrogen and oxygen atoms in total. The Morgan fingerprint density at radius 1 is 1.35 bits per heavy atom. The topological polar surface area (TPSA) is 75.6 Å². The van der Waals surface area contributed by atoms with Crippen LogP contribution in [0.5, 0.6) is 5.75 Å². The molecule has 0 aliphatic rings. The smallest absolute Gasteiger partial charge is 0.328 e. The molecule has 1 aromatic rings. The van der Waals surface area contributed by atoms with E-state index in [9.17, 15) is 14.7 Å². The first-order valence-electron chi connectivity index (χ1n) is 5.95. The zero-order valence-corrected chi connectivity index (χ0v) is 15.4. The Morgan fingerprint density at radius 3 is 2.35 bits per heavy atom. The molecule has 0 heterocycles. The van der Waals surface area contributed by atoms with Gasteiger partial charge in [-0.1, -0.05) is 0 Å². The molecule has 0 aromatic heterocycles. The molecule has 1 atom stereocenters. The highest BCUT2D eigenvalue weighted by Crippen LogP contribution is 2.27. The lowest BCUT2D eigenvalue weighted by Crippen LogP contribution is -2.42. The number of phenols is 1. The maximum Gasteiger partial charge on any atom is 0.328 e. The molecular formula is C13H15I2NO4. The number of halogens is 2. The molecule has 1 rings (SSSR count). The molecule has 1 unspecified atom stereocenters. The average Bonchev–Trinajstić information content (AvgIpc) is 2.34. The van der Waals surface area contributed by atoms with Crippen LogP contribution in [0.25, 0.3) is 0 Å².